The standard InChI is InChI=1S/C11H16ClN3O/c1-2-9(7-13)14-11(16)15-10-5-3-4-8(12)6-10/h3-6,9H,2,7,13H2,1H3,(H2,14,15,16). The van der Waals surface area contributed by atoms with Crippen molar-refractivity contribution in [2.75, 3.05) is 11.9 Å². The average Bonchev–Trinajstić information content (AvgIpc) is 2.26. The molecule has 0 aliphatic heterocycles. The van der Waals surface area contributed by atoms with Gasteiger partial charge in [0.15, 0.2) is 0 Å². The smallest absolute Gasteiger partial charge is 0.319 e. The third-order valence-corrected chi connectivity index (χ3v) is 2.43. The van der Waals surface area contributed by atoms with Gasteiger partial charge in [0.1, 0.15) is 0 Å². The molecule has 0 radical (unpaired) electrons. The molecule has 1 aromatic rings. The number of anilines is 1. The molecule has 4 N–H and O–H groups in total. The second-order valence-electron chi connectivity index (χ2n) is 3.45. The molecule has 0 spiro atoms. The van der Waals surface area contributed by atoms with E-state index in [-0.39, 0.29) is 12.1 Å². The molecule has 0 fully saturated rings. The monoisotopic (exact) mass is 241 g/mol. The molecule has 88 valence electrons. The summed E-state index contributed by atoms with van der Waals surface area (Å²) in [5.74, 6) is 0. The minimum atomic E-state index is -0.264. The van der Waals surface area contributed by atoms with Gasteiger partial charge in [-0.2, -0.15) is 0 Å². The zero-order valence-corrected chi connectivity index (χ0v) is 9.92. The van der Waals surface area contributed by atoms with E-state index in [9.17, 15) is 4.79 Å². The minimum Gasteiger partial charge on any atom is -0.334 e. The summed E-state index contributed by atoms with van der Waals surface area (Å²) in [6.07, 6.45) is 0.805. The molecular formula is C11H16ClN3O. The summed E-state index contributed by atoms with van der Waals surface area (Å²) in [7, 11) is 0. The third-order valence-electron chi connectivity index (χ3n) is 2.20. The first-order valence-corrected chi connectivity index (χ1v) is 5.56. The maximum atomic E-state index is 11.5. The highest BCUT2D eigenvalue weighted by molar-refractivity contribution is 6.30. The van der Waals surface area contributed by atoms with E-state index < -0.39 is 0 Å². The Balaban J connectivity index is 2.51. The highest BCUT2D eigenvalue weighted by Crippen LogP contribution is 2.14. The Morgan fingerprint density at radius 3 is 2.88 bits per heavy atom. The number of carbonyl (C=O) groups excluding carboxylic acids is 1. The van der Waals surface area contributed by atoms with E-state index >= 15 is 0 Å². The summed E-state index contributed by atoms with van der Waals surface area (Å²) < 4.78 is 0. The molecule has 1 atom stereocenters. The van der Waals surface area contributed by atoms with Crippen molar-refractivity contribution in [3.63, 3.8) is 0 Å². The topological polar surface area (TPSA) is 67.1 Å². The van der Waals surface area contributed by atoms with E-state index in [1.165, 1.54) is 0 Å². The summed E-state index contributed by atoms with van der Waals surface area (Å²) in [6.45, 7) is 2.40. The molecule has 1 aromatic carbocycles. The molecule has 0 saturated carbocycles. The van der Waals surface area contributed by atoms with E-state index in [2.05, 4.69) is 10.6 Å². The van der Waals surface area contributed by atoms with Crippen LogP contribution in [0.15, 0.2) is 24.3 Å². The Labute approximate surface area is 100 Å². The summed E-state index contributed by atoms with van der Waals surface area (Å²) in [4.78, 5) is 11.5. The Morgan fingerprint density at radius 1 is 1.56 bits per heavy atom. The van der Waals surface area contributed by atoms with Gasteiger partial charge in [-0.25, -0.2) is 4.79 Å². The van der Waals surface area contributed by atoms with Crippen LogP contribution in [-0.4, -0.2) is 18.6 Å². The van der Waals surface area contributed by atoms with Crippen LogP contribution in [0.4, 0.5) is 10.5 Å². The van der Waals surface area contributed by atoms with Crippen LogP contribution in [-0.2, 0) is 0 Å². The summed E-state index contributed by atoms with van der Waals surface area (Å²) in [6, 6.07) is 6.72. The number of benzene rings is 1. The van der Waals surface area contributed by atoms with Gasteiger partial charge in [-0.3, -0.25) is 0 Å². The highest BCUT2D eigenvalue weighted by atomic mass is 35.5. The van der Waals surface area contributed by atoms with E-state index in [0.29, 0.717) is 17.3 Å². The van der Waals surface area contributed by atoms with Crippen molar-refractivity contribution in [2.24, 2.45) is 5.73 Å². The summed E-state index contributed by atoms with van der Waals surface area (Å²) in [5, 5.41) is 6.04. The molecule has 16 heavy (non-hydrogen) atoms. The van der Waals surface area contributed by atoms with Gasteiger partial charge in [0, 0.05) is 23.3 Å². The van der Waals surface area contributed by atoms with Crippen LogP contribution in [0.25, 0.3) is 0 Å². The zero-order valence-electron chi connectivity index (χ0n) is 9.16. The number of halogens is 1. The highest BCUT2D eigenvalue weighted by Gasteiger charge is 2.08. The first-order valence-electron chi connectivity index (χ1n) is 5.19. The maximum absolute atomic E-state index is 11.5. The number of hydrogen-bond donors (Lipinski definition) is 3. The van der Waals surface area contributed by atoms with Gasteiger partial charge in [-0.05, 0) is 24.6 Å². The maximum Gasteiger partial charge on any atom is 0.319 e. The number of rotatable bonds is 4. The van der Waals surface area contributed by atoms with Crippen LogP contribution in [0.5, 0.6) is 0 Å². The molecule has 5 heteroatoms. The molecule has 0 bridgehead atoms. The van der Waals surface area contributed by atoms with Crippen molar-refractivity contribution in [3.05, 3.63) is 29.3 Å². The number of nitrogens with two attached hydrogens (primary N) is 1. The summed E-state index contributed by atoms with van der Waals surface area (Å²) in [5.41, 5.74) is 6.15. The fourth-order valence-electron chi connectivity index (χ4n) is 1.25. The molecule has 4 nitrogen and oxygen atoms in total. The Kier molecular flexibility index (Phi) is 5.08. The first-order chi connectivity index (χ1) is 7.65. The second kappa shape index (κ2) is 6.35. The molecule has 0 aliphatic rings. The van der Waals surface area contributed by atoms with E-state index in [0.717, 1.165) is 6.42 Å². The van der Waals surface area contributed by atoms with Crippen LogP contribution in [0.3, 0.4) is 0 Å². The fourth-order valence-corrected chi connectivity index (χ4v) is 1.44. The third kappa shape index (κ3) is 4.08. The van der Waals surface area contributed by atoms with Crippen LogP contribution < -0.4 is 16.4 Å². The van der Waals surface area contributed by atoms with E-state index in [4.69, 9.17) is 17.3 Å². The van der Waals surface area contributed by atoms with Crippen molar-refractivity contribution in [3.8, 4) is 0 Å². The largest absolute Gasteiger partial charge is 0.334 e. The predicted octanol–water partition coefficient (Wildman–Crippen LogP) is 2.20. The Bertz CT molecular complexity index is 353. The van der Waals surface area contributed by atoms with Crippen LogP contribution >= 0.6 is 11.6 Å². The van der Waals surface area contributed by atoms with Crippen molar-refractivity contribution in [1.82, 2.24) is 5.32 Å². The minimum absolute atomic E-state index is 0.000755. The number of carbonyl (C=O) groups is 1. The lowest BCUT2D eigenvalue weighted by atomic mass is 10.2. The van der Waals surface area contributed by atoms with Crippen LogP contribution in [0.2, 0.25) is 5.02 Å². The summed E-state index contributed by atoms with van der Waals surface area (Å²) >= 11 is 5.80. The average molecular weight is 242 g/mol. The van der Waals surface area contributed by atoms with Gasteiger partial charge in [-0.15, -0.1) is 0 Å². The molecule has 0 heterocycles. The molecule has 1 unspecified atom stereocenters. The number of hydrogen-bond acceptors (Lipinski definition) is 2. The molecule has 0 aromatic heterocycles. The van der Waals surface area contributed by atoms with Crippen molar-refractivity contribution < 1.29 is 4.79 Å². The molecule has 0 aliphatic carbocycles. The lowest BCUT2D eigenvalue weighted by Gasteiger charge is -2.15. The lowest BCUT2D eigenvalue weighted by Crippen LogP contribution is -2.41. The van der Waals surface area contributed by atoms with Gasteiger partial charge >= 0.3 is 6.03 Å². The van der Waals surface area contributed by atoms with Gasteiger partial charge in [-0.1, -0.05) is 24.6 Å². The van der Waals surface area contributed by atoms with Gasteiger partial charge in [0.25, 0.3) is 0 Å². The molecular weight excluding hydrogens is 226 g/mol. The fraction of sp³-hybridized carbons (Fsp3) is 0.364. The van der Waals surface area contributed by atoms with Gasteiger partial charge in [0.05, 0.1) is 0 Å². The van der Waals surface area contributed by atoms with Crippen molar-refractivity contribution in [2.45, 2.75) is 19.4 Å². The SMILES string of the molecule is CCC(CN)NC(=O)Nc1cccc(Cl)c1. The second-order valence-corrected chi connectivity index (χ2v) is 3.89. The molecule has 1 rings (SSSR count). The predicted molar refractivity (Wildman–Crippen MR) is 66.7 cm³/mol. The Morgan fingerprint density at radius 2 is 2.31 bits per heavy atom. The Hall–Kier alpha value is -1.26. The van der Waals surface area contributed by atoms with Crippen molar-refractivity contribution >= 4 is 23.3 Å². The van der Waals surface area contributed by atoms with Gasteiger partial charge in [0.2, 0.25) is 0 Å². The molecule has 0 saturated heterocycles. The van der Waals surface area contributed by atoms with Crippen molar-refractivity contribution in [1.29, 1.82) is 0 Å². The quantitative estimate of drug-likeness (QED) is 0.757. The lowest BCUT2D eigenvalue weighted by molar-refractivity contribution is 0.248. The van der Waals surface area contributed by atoms with E-state index in [1.807, 2.05) is 6.92 Å². The first kappa shape index (κ1) is 12.8. The van der Waals surface area contributed by atoms with Crippen LogP contribution in [0.1, 0.15) is 13.3 Å². The molecule has 2 amide bonds. The van der Waals surface area contributed by atoms with Gasteiger partial charge < -0.3 is 16.4 Å². The zero-order chi connectivity index (χ0) is 12.0. The number of amides is 2. The van der Waals surface area contributed by atoms with Crippen LogP contribution in [0, 0.1) is 0 Å². The number of urea groups is 1. The normalized spacial score (nSPS) is 11.9. The van der Waals surface area contributed by atoms with E-state index in [1.54, 1.807) is 24.3 Å². The number of nitrogens with one attached hydrogen (secondary N) is 2.